The Labute approximate surface area is 157 Å². The molecule has 7 nitrogen and oxygen atoms in total. The second-order valence-corrected chi connectivity index (χ2v) is 7.39. The molecule has 0 spiro atoms. The molecule has 0 unspecified atom stereocenters. The third-order valence-electron chi connectivity index (χ3n) is 3.15. The van der Waals surface area contributed by atoms with Crippen LogP contribution in [0.2, 0.25) is 0 Å². The van der Waals surface area contributed by atoms with Gasteiger partial charge in [-0.15, -0.1) is 0 Å². The fourth-order valence-corrected chi connectivity index (χ4v) is 3.39. The molecule has 26 heavy (non-hydrogen) atoms. The van der Waals surface area contributed by atoms with Crippen molar-refractivity contribution in [2.45, 2.75) is 11.8 Å². The first-order valence-electron chi connectivity index (χ1n) is 7.62. The lowest BCUT2D eigenvalue weighted by Gasteiger charge is -2.09. The van der Waals surface area contributed by atoms with Gasteiger partial charge in [-0.2, -0.15) is 5.26 Å². The molecule has 9 heteroatoms. The van der Waals surface area contributed by atoms with Crippen molar-refractivity contribution in [2.24, 2.45) is 4.99 Å². The van der Waals surface area contributed by atoms with Crippen LogP contribution in [0.25, 0.3) is 0 Å². The maximum absolute atomic E-state index is 12.5. The number of hydrogen-bond acceptors (Lipinski definition) is 6. The van der Waals surface area contributed by atoms with E-state index in [9.17, 15) is 8.42 Å². The van der Waals surface area contributed by atoms with Gasteiger partial charge in [0.2, 0.25) is 0 Å². The van der Waals surface area contributed by atoms with Crippen molar-refractivity contribution >= 4 is 38.3 Å². The molecular formula is C17H18N4O3S2. The van der Waals surface area contributed by atoms with Crippen LogP contribution in [0.3, 0.4) is 0 Å². The van der Waals surface area contributed by atoms with Crippen molar-refractivity contribution < 1.29 is 13.2 Å². The summed E-state index contributed by atoms with van der Waals surface area (Å²) in [6.45, 7) is 2.42. The third kappa shape index (κ3) is 5.40. The smallest absolute Gasteiger partial charge is 0.261 e. The number of hydrogen-bond donors (Lipinski definition) is 2. The van der Waals surface area contributed by atoms with Gasteiger partial charge in [-0.05, 0) is 61.7 Å². The number of nitrogens with one attached hydrogen (secondary N) is 2. The molecule has 0 aliphatic heterocycles. The van der Waals surface area contributed by atoms with Crippen molar-refractivity contribution in [3.63, 3.8) is 0 Å². The molecule has 0 aromatic heterocycles. The number of sulfonamides is 1. The molecule has 0 aliphatic rings. The van der Waals surface area contributed by atoms with Gasteiger partial charge in [0, 0.05) is 5.69 Å². The number of aliphatic imine (C=N–C) groups is 1. The molecule has 0 radical (unpaired) electrons. The van der Waals surface area contributed by atoms with Gasteiger partial charge in [0.15, 0.2) is 11.4 Å². The minimum Gasteiger partial charge on any atom is -0.494 e. The normalized spacial score (nSPS) is 11.5. The number of amidine groups is 1. The van der Waals surface area contributed by atoms with E-state index in [2.05, 4.69) is 15.0 Å². The third-order valence-corrected chi connectivity index (χ3v) is 5.13. The van der Waals surface area contributed by atoms with Crippen LogP contribution in [-0.4, -0.2) is 26.4 Å². The Morgan fingerprint density at radius 2 is 1.85 bits per heavy atom. The van der Waals surface area contributed by atoms with E-state index in [4.69, 9.17) is 10.00 Å². The van der Waals surface area contributed by atoms with E-state index < -0.39 is 10.0 Å². The van der Waals surface area contributed by atoms with Crippen LogP contribution < -0.4 is 14.8 Å². The highest BCUT2D eigenvalue weighted by Crippen LogP contribution is 2.22. The fourth-order valence-electron chi connectivity index (χ4n) is 1.99. The molecule has 0 bridgehead atoms. The number of rotatable bonds is 6. The zero-order valence-corrected chi connectivity index (χ0v) is 15.9. The number of ether oxygens (including phenoxy) is 1. The van der Waals surface area contributed by atoms with E-state index in [0.29, 0.717) is 28.9 Å². The number of benzene rings is 2. The Balaban J connectivity index is 2.15. The first-order valence-corrected chi connectivity index (χ1v) is 10.3. The van der Waals surface area contributed by atoms with E-state index in [0.717, 1.165) is 0 Å². The van der Waals surface area contributed by atoms with Crippen LogP contribution in [0, 0.1) is 11.5 Å². The summed E-state index contributed by atoms with van der Waals surface area (Å²) < 4.78 is 32.8. The standard InChI is InChI=1S/C17H18N4O3S2/c1-3-24-15-8-4-14(5-9-15)21-26(22,23)16-10-6-13(7-11-16)20-17(25-2)19-12-18/h4-11,21H,3H2,1-2H3,(H,19,20). The summed E-state index contributed by atoms with van der Waals surface area (Å²) in [5, 5.41) is 11.5. The summed E-state index contributed by atoms with van der Waals surface area (Å²) in [7, 11) is -3.71. The summed E-state index contributed by atoms with van der Waals surface area (Å²) in [5.74, 6) is 0.674. The Hall–Kier alpha value is -2.70. The second kappa shape index (κ2) is 9.12. The number of nitrogens with zero attached hydrogens (tertiary/aromatic N) is 2. The average Bonchev–Trinajstić information content (AvgIpc) is 2.63. The van der Waals surface area contributed by atoms with Crippen LogP contribution in [0.5, 0.6) is 5.75 Å². The van der Waals surface area contributed by atoms with Gasteiger partial charge in [0.25, 0.3) is 10.0 Å². The van der Waals surface area contributed by atoms with Gasteiger partial charge < -0.3 is 4.74 Å². The fraction of sp³-hybridized carbons (Fsp3) is 0.176. The molecule has 0 saturated heterocycles. The molecule has 2 aromatic rings. The molecule has 0 fully saturated rings. The highest BCUT2D eigenvalue weighted by Gasteiger charge is 2.14. The summed E-state index contributed by atoms with van der Waals surface area (Å²) in [4.78, 5) is 4.33. The molecule has 2 aromatic carbocycles. The Kier molecular flexibility index (Phi) is 6.89. The predicted octanol–water partition coefficient (Wildman–Crippen LogP) is 3.31. The zero-order valence-electron chi connectivity index (χ0n) is 14.3. The van der Waals surface area contributed by atoms with Crippen LogP contribution in [-0.2, 0) is 10.0 Å². The first-order chi connectivity index (χ1) is 12.5. The van der Waals surface area contributed by atoms with E-state index in [1.54, 1.807) is 48.8 Å². The monoisotopic (exact) mass is 390 g/mol. The van der Waals surface area contributed by atoms with Crippen LogP contribution in [0.1, 0.15) is 6.92 Å². The lowest BCUT2D eigenvalue weighted by Crippen LogP contribution is -2.13. The van der Waals surface area contributed by atoms with Crippen LogP contribution in [0.15, 0.2) is 58.4 Å². The molecule has 0 heterocycles. The van der Waals surface area contributed by atoms with Crippen molar-refractivity contribution in [1.82, 2.24) is 5.32 Å². The number of nitriles is 1. The van der Waals surface area contributed by atoms with Crippen LogP contribution in [0.4, 0.5) is 11.4 Å². The molecule has 2 rings (SSSR count). The molecule has 0 aliphatic carbocycles. The maximum Gasteiger partial charge on any atom is 0.261 e. The van der Waals surface area contributed by atoms with Gasteiger partial charge in [0.1, 0.15) is 5.75 Å². The van der Waals surface area contributed by atoms with E-state index >= 15 is 0 Å². The topological polar surface area (TPSA) is 104 Å². The zero-order chi connectivity index (χ0) is 19.0. The van der Waals surface area contributed by atoms with E-state index in [-0.39, 0.29) is 4.90 Å². The van der Waals surface area contributed by atoms with Crippen molar-refractivity contribution in [3.05, 3.63) is 48.5 Å². The second-order valence-electron chi connectivity index (χ2n) is 4.91. The van der Waals surface area contributed by atoms with Crippen LogP contribution >= 0.6 is 11.8 Å². The maximum atomic E-state index is 12.5. The van der Waals surface area contributed by atoms with E-state index in [1.807, 2.05) is 6.92 Å². The molecule has 0 amide bonds. The Morgan fingerprint density at radius 3 is 2.38 bits per heavy atom. The Bertz CT molecular complexity index is 903. The predicted molar refractivity (Wildman–Crippen MR) is 104 cm³/mol. The highest BCUT2D eigenvalue weighted by molar-refractivity contribution is 8.13. The average molecular weight is 390 g/mol. The molecule has 0 saturated carbocycles. The largest absolute Gasteiger partial charge is 0.494 e. The van der Waals surface area contributed by atoms with Gasteiger partial charge in [-0.3, -0.25) is 10.0 Å². The lowest BCUT2D eigenvalue weighted by molar-refractivity contribution is 0.340. The van der Waals surface area contributed by atoms with Gasteiger partial charge in [-0.25, -0.2) is 13.4 Å². The summed E-state index contributed by atoms with van der Waals surface area (Å²) >= 11 is 1.28. The first kappa shape index (κ1) is 19.6. The van der Waals surface area contributed by atoms with Gasteiger partial charge in [-0.1, -0.05) is 11.8 Å². The highest BCUT2D eigenvalue weighted by atomic mass is 32.2. The summed E-state index contributed by atoms with van der Waals surface area (Å²) in [5.41, 5.74) is 0.982. The van der Waals surface area contributed by atoms with Gasteiger partial charge >= 0.3 is 0 Å². The summed E-state index contributed by atoms with van der Waals surface area (Å²) in [6, 6.07) is 12.7. The van der Waals surface area contributed by atoms with Crippen molar-refractivity contribution in [3.8, 4) is 11.9 Å². The van der Waals surface area contributed by atoms with Gasteiger partial charge in [0.05, 0.1) is 17.2 Å². The number of thioether (sulfide) groups is 1. The quantitative estimate of drug-likeness (QED) is 0.339. The number of anilines is 1. The molecule has 0 atom stereocenters. The SMILES string of the molecule is CCOc1ccc(NS(=O)(=O)c2ccc(N=C(NC#N)SC)cc2)cc1. The van der Waals surface area contributed by atoms with Crippen molar-refractivity contribution in [2.75, 3.05) is 17.6 Å². The van der Waals surface area contributed by atoms with E-state index in [1.165, 1.54) is 23.9 Å². The molecule has 2 N–H and O–H groups in total. The lowest BCUT2D eigenvalue weighted by atomic mass is 10.3. The minimum absolute atomic E-state index is 0.115. The summed E-state index contributed by atoms with van der Waals surface area (Å²) in [6.07, 6.45) is 3.58. The molecule has 136 valence electrons. The molecular weight excluding hydrogens is 372 g/mol. The van der Waals surface area contributed by atoms with Crippen molar-refractivity contribution in [1.29, 1.82) is 5.26 Å². The minimum atomic E-state index is -3.71. The Morgan fingerprint density at radius 1 is 1.19 bits per heavy atom.